The van der Waals surface area contributed by atoms with Gasteiger partial charge >= 0.3 is 0 Å². The molecule has 1 N–H and O–H groups in total. The molecule has 2 aromatic rings. The number of aromatic nitrogens is 1. The molecule has 19 heavy (non-hydrogen) atoms. The van der Waals surface area contributed by atoms with Crippen molar-refractivity contribution in [3.8, 4) is 5.75 Å². The first-order chi connectivity index (χ1) is 9.15. The lowest BCUT2D eigenvalue weighted by Crippen LogP contribution is -2.19. The number of nitrogens with one attached hydrogen (secondary N) is 1. The molecular weight excluding hydrogens is 311 g/mol. The van der Waals surface area contributed by atoms with Crippen molar-refractivity contribution >= 4 is 15.9 Å². The Hall–Kier alpha value is -1.46. The van der Waals surface area contributed by atoms with Crippen molar-refractivity contribution in [2.75, 3.05) is 14.2 Å². The molecular formula is C14H14BrFN2O. The standard InChI is InChI=1S/C14H14BrFN2O/c1-17-14(12-5-3-9(15)8-18-12)11-7-10(16)4-6-13(11)19-2/h3-8,14,17H,1-2H3. The number of pyridine rings is 1. The van der Waals surface area contributed by atoms with Crippen LogP contribution in [0.25, 0.3) is 0 Å². The molecule has 0 aliphatic rings. The fourth-order valence-electron chi connectivity index (χ4n) is 1.95. The van der Waals surface area contributed by atoms with Gasteiger partial charge in [-0.2, -0.15) is 0 Å². The van der Waals surface area contributed by atoms with Crippen LogP contribution < -0.4 is 10.1 Å². The van der Waals surface area contributed by atoms with E-state index in [9.17, 15) is 4.39 Å². The predicted octanol–water partition coefficient (Wildman–Crippen LogP) is 3.30. The number of halogens is 2. The van der Waals surface area contributed by atoms with Gasteiger partial charge in [0.2, 0.25) is 0 Å². The Morgan fingerprint density at radius 2 is 2.11 bits per heavy atom. The van der Waals surface area contributed by atoms with E-state index in [1.165, 1.54) is 12.1 Å². The first kappa shape index (κ1) is 14.0. The third-order valence-corrected chi connectivity index (χ3v) is 3.31. The first-order valence-corrected chi connectivity index (χ1v) is 6.57. The molecule has 0 bridgehead atoms. The molecule has 3 nitrogen and oxygen atoms in total. The molecule has 0 amide bonds. The fourth-order valence-corrected chi connectivity index (χ4v) is 2.19. The largest absolute Gasteiger partial charge is 0.496 e. The number of benzene rings is 1. The van der Waals surface area contributed by atoms with Gasteiger partial charge in [-0.3, -0.25) is 4.98 Å². The Balaban J connectivity index is 2.47. The van der Waals surface area contributed by atoms with Gasteiger partial charge in [-0.15, -0.1) is 0 Å². The third kappa shape index (κ3) is 3.11. The Bertz CT molecular complexity index is 560. The Morgan fingerprint density at radius 1 is 1.32 bits per heavy atom. The number of rotatable bonds is 4. The monoisotopic (exact) mass is 324 g/mol. The molecule has 0 fully saturated rings. The van der Waals surface area contributed by atoms with Crippen LogP contribution in [0.4, 0.5) is 4.39 Å². The summed E-state index contributed by atoms with van der Waals surface area (Å²) in [6.45, 7) is 0. The minimum absolute atomic E-state index is 0.223. The minimum atomic E-state index is -0.298. The average Bonchev–Trinajstić information content (AvgIpc) is 2.42. The molecule has 0 saturated heterocycles. The fraction of sp³-hybridized carbons (Fsp3) is 0.214. The van der Waals surface area contributed by atoms with Crippen LogP contribution >= 0.6 is 15.9 Å². The molecule has 0 aliphatic heterocycles. The van der Waals surface area contributed by atoms with Crippen LogP contribution in [0, 0.1) is 5.82 Å². The zero-order valence-corrected chi connectivity index (χ0v) is 12.2. The molecule has 1 unspecified atom stereocenters. The van der Waals surface area contributed by atoms with Crippen molar-refractivity contribution < 1.29 is 9.13 Å². The second-order valence-corrected chi connectivity index (χ2v) is 4.92. The molecule has 0 spiro atoms. The average molecular weight is 325 g/mol. The summed E-state index contributed by atoms with van der Waals surface area (Å²) >= 11 is 3.34. The maximum atomic E-state index is 13.4. The smallest absolute Gasteiger partial charge is 0.124 e. The molecule has 1 atom stereocenters. The third-order valence-electron chi connectivity index (χ3n) is 2.84. The van der Waals surface area contributed by atoms with Crippen LogP contribution in [0.1, 0.15) is 17.3 Å². The normalized spacial score (nSPS) is 12.2. The maximum Gasteiger partial charge on any atom is 0.124 e. The number of hydrogen-bond acceptors (Lipinski definition) is 3. The Labute approximate surface area is 119 Å². The lowest BCUT2D eigenvalue weighted by Gasteiger charge is -2.19. The van der Waals surface area contributed by atoms with Crippen molar-refractivity contribution in [3.05, 3.63) is 58.1 Å². The van der Waals surface area contributed by atoms with Crippen LogP contribution in [0.3, 0.4) is 0 Å². The van der Waals surface area contributed by atoms with Gasteiger partial charge in [-0.05, 0) is 53.3 Å². The predicted molar refractivity (Wildman–Crippen MR) is 75.8 cm³/mol. The summed E-state index contributed by atoms with van der Waals surface area (Å²) in [5, 5.41) is 3.13. The van der Waals surface area contributed by atoms with Gasteiger partial charge in [-0.1, -0.05) is 0 Å². The first-order valence-electron chi connectivity index (χ1n) is 5.78. The highest BCUT2D eigenvalue weighted by molar-refractivity contribution is 9.10. The topological polar surface area (TPSA) is 34.2 Å². The zero-order chi connectivity index (χ0) is 13.8. The van der Waals surface area contributed by atoms with Crippen LogP contribution in [0.2, 0.25) is 0 Å². The van der Waals surface area contributed by atoms with Gasteiger partial charge in [0.05, 0.1) is 18.8 Å². The second-order valence-electron chi connectivity index (χ2n) is 4.01. The second kappa shape index (κ2) is 6.12. The van der Waals surface area contributed by atoms with Crippen LogP contribution in [-0.4, -0.2) is 19.1 Å². The zero-order valence-electron chi connectivity index (χ0n) is 10.7. The van der Waals surface area contributed by atoms with E-state index in [-0.39, 0.29) is 11.9 Å². The van der Waals surface area contributed by atoms with E-state index in [1.54, 1.807) is 26.4 Å². The highest BCUT2D eigenvalue weighted by Crippen LogP contribution is 2.29. The van der Waals surface area contributed by atoms with Gasteiger partial charge < -0.3 is 10.1 Å². The summed E-state index contributed by atoms with van der Waals surface area (Å²) < 4.78 is 19.6. The van der Waals surface area contributed by atoms with Crippen molar-refractivity contribution in [3.63, 3.8) is 0 Å². The van der Waals surface area contributed by atoms with E-state index >= 15 is 0 Å². The molecule has 0 aliphatic carbocycles. The van der Waals surface area contributed by atoms with E-state index in [0.717, 1.165) is 15.7 Å². The number of hydrogen-bond donors (Lipinski definition) is 1. The molecule has 1 heterocycles. The van der Waals surface area contributed by atoms with Crippen molar-refractivity contribution in [1.29, 1.82) is 0 Å². The summed E-state index contributed by atoms with van der Waals surface area (Å²) in [7, 11) is 3.37. The maximum absolute atomic E-state index is 13.4. The molecule has 5 heteroatoms. The van der Waals surface area contributed by atoms with Gasteiger partial charge in [0, 0.05) is 16.2 Å². The summed E-state index contributed by atoms with van der Waals surface area (Å²) in [4.78, 5) is 4.34. The van der Waals surface area contributed by atoms with Crippen molar-refractivity contribution in [2.24, 2.45) is 0 Å². The van der Waals surface area contributed by atoms with Crippen LogP contribution in [0.5, 0.6) is 5.75 Å². The van der Waals surface area contributed by atoms with Gasteiger partial charge in [-0.25, -0.2) is 4.39 Å². The van der Waals surface area contributed by atoms with Gasteiger partial charge in [0.25, 0.3) is 0 Å². The van der Waals surface area contributed by atoms with E-state index in [2.05, 4.69) is 26.2 Å². The SMILES string of the molecule is CNC(c1ccc(Br)cn1)c1cc(F)ccc1OC. The van der Waals surface area contributed by atoms with Gasteiger partial charge in [0.1, 0.15) is 11.6 Å². The van der Waals surface area contributed by atoms with E-state index in [1.807, 2.05) is 12.1 Å². The summed E-state index contributed by atoms with van der Waals surface area (Å²) in [5.74, 6) is 0.332. The van der Waals surface area contributed by atoms with Crippen LogP contribution in [-0.2, 0) is 0 Å². The summed E-state index contributed by atoms with van der Waals surface area (Å²) in [5.41, 5.74) is 1.52. The van der Waals surface area contributed by atoms with E-state index < -0.39 is 0 Å². The summed E-state index contributed by atoms with van der Waals surface area (Å²) in [6.07, 6.45) is 1.71. The molecule has 100 valence electrons. The minimum Gasteiger partial charge on any atom is -0.496 e. The summed E-state index contributed by atoms with van der Waals surface area (Å²) in [6, 6.07) is 8.02. The van der Waals surface area contributed by atoms with Crippen LogP contribution in [0.15, 0.2) is 41.0 Å². The number of methoxy groups -OCH3 is 1. The lowest BCUT2D eigenvalue weighted by molar-refractivity contribution is 0.403. The van der Waals surface area contributed by atoms with Crippen molar-refractivity contribution in [1.82, 2.24) is 10.3 Å². The van der Waals surface area contributed by atoms with E-state index in [0.29, 0.717) is 5.75 Å². The molecule has 1 aromatic heterocycles. The van der Waals surface area contributed by atoms with Crippen molar-refractivity contribution in [2.45, 2.75) is 6.04 Å². The Morgan fingerprint density at radius 3 is 2.68 bits per heavy atom. The highest BCUT2D eigenvalue weighted by atomic mass is 79.9. The van der Waals surface area contributed by atoms with Gasteiger partial charge in [0.15, 0.2) is 0 Å². The lowest BCUT2D eigenvalue weighted by atomic mass is 10.0. The van der Waals surface area contributed by atoms with E-state index in [4.69, 9.17) is 4.74 Å². The molecule has 2 rings (SSSR count). The number of nitrogens with zero attached hydrogens (tertiary/aromatic N) is 1. The molecule has 0 radical (unpaired) electrons. The quantitative estimate of drug-likeness (QED) is 0.937. The highest BCUT2D eigenvalue weighted by Gasteiger charge is 2.18. The molecule has 1 aromatic carbocycles. The Kier molecular flexibility index (Phi) is 4.50. The number of ether oxygens (including phenoxy) is 1. The molecule has 0 saturated carbocycles.